The lowest BCUT2D eigenvalue weighted by atomic mass is 9.93. The molecule has 17 heteroatoms. The van der Waals surface area contributed by atoms with Gasteiger partial charge in [-0.2, -0.15) is 0 Å². The Hall–Kier alpha value is -1.78. The van der Waals surface area contributed by atoms with Gasteiger partial charge in [0.2, 0.25) is 0 Å². The Morgan fingerprint density at radius 1 is 0.738 bits per heavy atom. The molecule has 42 heavy (non-hydrogen) atoms. The third-order valence-electron chi connectivity index (χ3n) is 7.85. The lowest BCUT2D eigenvalue weighted by Crippen LogP contribution is -2.69. The summed E-state index contributed by atoms with van der Waals surface area (Å²) in [6.07, 6.45) is -17.6. The number of aryl methyl sites for hydroxylation is 1. The highest BCUT2D eigenvalue weighted by Gasteiger charge is 2.53. The summed E-state index contributed by atoms with van der Waals surface area (Å²) in [6.45, 7) is -0.440. The summed E-state index contributed by atoms with van der Waals surface area (Å²) in [5, 5.41) is 95.8. The predicted molar refractivity (Wildman–Crippen MR) is 139 cm³/mol. The average Bonchev–Trinajstić information content (AvgIpc) is 2.97. The van der Waals surface area contributed by atoms with Crippen LogP contribution in [0.5, 0.6) is 5.75 Å². The van der Waals surface area contributed by atoms with E-state index in [1.54, 1.807) is 19.1 Å². The fourth-order valence-corrected chi connectivity index (χ4v) is 5.32. The molecule has 240 valence electrons. The number of benzene rings is 1. The molecule has 0 bridgehead atoms. The zero-order valence-corrected chi connectivity index (χ0v) is 22.7. The summed E-state index contributed by atoms with van der Waals surface area (Å²) in [4.78, 5) is 0. The number of nitrogens with one attached hydrogen (secondary N) is 1. The van der Waals surface area contributed by atoms with E-state index in [1.807, 2.05) is 0 Å². The summed E-state index contributed by atoms with van der Waals surface area (Å²) in [5.41, 5.74) is 12.6. The lowest BCUT2D eigenvalue weighted by Gasteiger charge is -2.49. The summed E-state index contributed by atoms with van der Waals surface area (Å²) < 4.78 is 28.6. The van der Waals surface area contributed by atoms with Crippen LogP contribution >= 0.6 is 0 Å². The molecule has 3 aliphatic heterocycles. The Labute approximate surface area is 240 Å². The van der Waals surface area contributed by atoms with Crippen LogP contribution in [0.1, 0.15) is 5.56 Å². The smallest absolute Gasteiger partial charge is 0.181 e. The van der Waals surface area contributed by atoms with Crippen molar-refractivity contribution in [1.82, 2.24) is 0 Å². The SMILES string of the molecule is Cc1cccc(O)c1N[C@H]1[C@H](OC2[C@@H](CO)O[C@@H](O)[C@H](N)[C@H]2O)O[C@H](CO)C(O[C@@H]2O[C@H](CO)[C@@H](O)[C@H](O)[C@H]2N)[C@@H]1O. The first-order chi connectivity index (χ1) is 19.9. The van der Waals surface area contributed by atoms with Crippen molar-refractivity contribution in [2.45, 2.75) is 98.9 Å². The van der Waals surface area contributed by atoms with E-state index in [9.17, 15) is 46.0 Å². The van der Waals surface area contributed by atoms with E-state index in [2.05, 4.69) is 5.32 Å². The predicted octanol–water partition coefficient (Wildman–Crippen LogP) is -5.51. The van der Waals surface area contributed by atoms with Crippen LogP contribution in [-0.4, -0.2) is 158 Å². The van der Waals surface area contributed by atoms with Gasteiger partial charge < -0.3 is 86.4 Å². The van der Waals surface area contributed by atoms with Gasteiger partial charge >= 0.3 is 0 Å². The molecule has 3 saturated heterocycles. The number of aliphatic hydroxyl groups is 8. The van der Waals surface area contributed by atoms with E-state index in [0.717, 1.165) is 0 Å². The number of anilines is 1. The summed E-state index contributed by atoms with van der Waals surface area (Å²) in [6, 6.07) is 0.693. The van der Waals surface area contributed by atoms with E-state index >= 15 is 0 Å². The number of para-hydroxylation sites is 1. The largest absolute Gasteiger partial charge is 0.506 e. The van der Waals surface area contributed by atoms with E-state index in [0.29, 0.717) is 5.56 Å². The molecular formula is C25H41N3O14. The molecule has 0 amide bonds. The monoisotopic (exact) mass is 607 g/mol. The van der Waals surface area contributed by atoms with Gasteiger partial charge in [-0.15, -0.1) is 0 Å². The van der Waals surface area contributed by atoms with Gasteiger partial charge in [0, 0.05) is 0 Å². The Morgan fingerprint density at radius 3 is 1.93 bits per heavy atom. The Kier molecular flexibility index (Phi) is 11.0. The molecule has 17 nitrogen and oxygen atoms in total. The number of hydrogen-bond donors (Lipinski definition) is 12. The van der Waals surface area contributed by atoms with Crippen molar-refractivity contribution < 1.29 is 69.6 Å². The van der Waals surface area contributed by atoms with Crippen LogP contribution in [0.4, 0.5) is 5.69 Å². The Morgan fingerprint density at radius 2 is 1.31 bits per heavy atom. The molecule has 14 N–H and O–H groups in total. The van der Waals surface area contributed by atoms with Crippen molar-refractivity contribution in [3.05, 3.63) is 23.8 Å². The quantitative estimate of drug-likeness (QED) is 0.117. The fraction of sp³-hybridized carbons (Fsp3) is 0.760. The molecule has 0 saturated carbocycles. The number of phenols is 1. The molecule has 0 spiro atoms. The molecule has 2 unspecified atom stereocenters. The second kappa shape index (κ2) is 13.9. The molecule has 3 aliphatic rings. The van der Waals surface area contributed by atoms with Gasteiger partial charge in [0.25, 0.3) is 0 Å². The van der Waals surface area contributed by atoms with Gasteiger partial charge in [0.15, 0.2) is 18.9 Å². The van der Waals surface area contributed by atoms with Crippen LogP contribution < -0.4 is 16.8 Å². The van der Waals surface area contributed by atoms with Crippen molar-refractivity contribution in [1.29, 1.82) is 0 Å². The maximum atomic E-state index is 11.6. The number of phenolic OH excluding ortho intramolecular Hbond substituents is 1. The van der Waals surface area contributed by atoms with E-state index in [1.165, 1.54) is 6.07 Å². The molecule has 4 rings (SSSR count). The molecule has 1 aromatic carbocycles. The fourth-order valence-electron chi connectivity index (χ4n) is 5.32. The van der Waals surface area contributed by atoms with Crippen LogP contribution in [0.25, 0.3) is 0 Å². The molecule has 3 heterocycles. The van der Waals surface area contributed by atoms with Gasteiger partial charge in [0.1, 0.15) is 66.7 Å². The highest BCUT2D eigenvalue weighted by atomic mass is 16.7. The second-order valence-corrected chi connectivity index (χ2v) is 10.7. The van der Waals surface area contributed by atoms with Crippen LogP contribution in [0, 0.1) is 6.92 Å². The van der Waals surface area contributed by atoms with Gasteiger partial charge in [-0.1, -0.05) is 12.1 Å². The lowest BCUT2D eigenvalue weighted by molar-refractivity contribution is -0.346. The van der Waals surface area contributed by atoms with Crippen molar-refractivity contribution >= 4 is 5.69 Å². The van der Waals surface area contributed by atoms with Crippen molar-refractivity contribution in [2.24, 2.45) is 11.5 Å². The first-order valence-electron chi connectivity index (χ1n) is 13.5. The van der Waals surface area contributed by atoms with Crippen LogP contribution in [0.2, 0.25) is 0 Å². The summed E-state index contributed by atoms with van der Waals surface area (Å²) >= 11 is 0. The molecule has 0 aromatic heterocycles. The van der Waals surface area contributed by atoms with Gasteiger partial charge in [0.05, 0.1) is 37.6 Å². The van der Waals surface area contributed by atoms with E-state index < -0.39 is 112 Å². The normalized spacial score (nSPS) is 44.6. The number of aliphatic hydroxyl groups excluding tert-OH is 8. The minimum atomic E-state index is -1.64. The summed E-state index contributed by atoms with van der Waals surface area (Å²) in [5.74, 6) is -0.192. The minimum absolute atomic E-state index is 0.177. The van der Waals surface area contributed by atoms with E-state index in [4.69, 9.17) is 35.2 Å². The van der Waals surface area contributed by atoms with Crippen LogP contribution in [0.3, 0.4) is 0 Å². The number of rotatable bonds is 9. The maximum absolute atomic E-state index is 11.6. The van der Waals surface area contributed by atoms with Crippen molar-refractivity contribution in [3.8, 4) is 5.75 Å². The first kappa shape index (κ1) is 33.1. The van der Waals surface area contributed by atoms with Gasteiger partial charge in [-0.3, -0.25) is 0 Å². The first-order valence-corrected chi connectivity index (χ1v) is 13.5. The van der Waals surface area contributed by atoms with E-state index in [-0.39, 0.29) is 11.4 Å². The minimum Gasteiger partial charge on any atom is -0.506 e. The second-order valence-electron chi connectivity index (χ2n) is 10.7. The van der Waals surface area contributed by atoms with Gasteiger partial charge in [-0.05, 0) is 18.6 Å². The number of hydrogen-bond acceptors (Lipinski definition) is 17. The zero-order valence-electron chi connectivity index (χ0n) is 22.7. The average molecular weight is 608 g/mol. The van der Waals surface area contributed by atoms with Crippen LogP contribution in [-0.2, 0) is 23.7 Å². The Balaban J connectivity index is 1.65. The van der Waals surface area contributed by atoms with Crippen molar-refractivity contribution in [2.75, 3.05) is 25.1 Å². The third kappa shape index (κ3) is 6.50. The number of aromatic hydroxyl groups is 1. The summed E-state index contributed by atoms with van der Waals surface area (Å²) in [7, 11) is 0. The standard InChI is InChI=1S/C25H41N3O14/c1-8-3-2-4-9(32)15(8)28-16-20(36)22(41-24-14(27)18(34)17(33)10(5-29)39-24)12(7-31)40-25(16)42-21-11(6-30)38-23(37)13(26)19(21)35/h2-4,10-14,16-25,28-37H,5-7,26-27H2,1H3/t10-,11-,12-,13-,14-,16-,17-,18-,19-,20-,21?,22?,23-,24+,25+/m1/s1. The molecule has 3 fully saturated rings. The number of ether oxygens (including phenoxy) is 5. The van der Waals surface area contributed by atoms with Crippen LogP contribution in [0.15, 0.2) is 18.2 Å². The highest BCUT2D eigenvalue weighted by molar-refractivity contribution is 5.61. The zero-order chi connectivity index (χ0) is 30.9. The highest BCUT2D eigenvalue weighted by Crippen LogP contribution is 2.35. The molecule has 1 aromatic rings. The third-order valence-corrected chi connectivity index (χ3v) is 7.85. The maximum Gasteiger partial charge on any atom is 0.181 e. The van der Waals surface area contributed by atoms with Gasteiger partial charge in [-0.25, -0.2) is 0 Å². The number of nitrogens with two attached hydrogens (primary N) is 2. The molecule has 15 atom stereocenters. The topological polar surface area (TPSA) is 292 Å². The molecular weight excluding hydrogens is 566 g/mol. The van der Waals surface area contributed by atoms with Crippen molar-refractivity contribution in [3.63, 3.8) is 0 Å². The molecule has 0 aliphatic carbocycles. The Bertz CT molecular complexity index is 1000. The molecule has 0 radical (unpaired) electrons.